The molecule has 1 amide bonds. The lowest BCUT2D eigenvalue weighted by Crippen LogP contribution is -2.71. The summed E-state index contributed by atoms with van der Waals surface area (Å²) in [6, 6.07) is 5.88. The van der Waals surface area contributed by atoms with Crippen LogP contribution in [0.4, 0.5) is 0 Å². The third-order valence-electron chi connectivity index (χ3n) is 4.66. The number of halogens is 2. The molecular weight excluding hydrogens is 365 g/mol. The lowest BCUT2D eigenvalue weighted by atomic mass is 9.92. The maximum Gasteiger partial charge on any atom is 0.254 e. The van der Waals surface area contributed by atoms with E-state index in [1.807, 2.05) is 43.9 Å². The molecule has 0 aliphatic carbocycles. The van der Waals surface area contributed by atoms with Gasteiger partial charge in [0.15, 0.2) is 0 Å². The van der Waals surface area contributed by atoms with Gasteiger partial charge in [-0.3, -0.25) is 10.1 Å². The number of nitrogens with two attached hydrogens (primary N) is 1. The van der Waals surface area contributed by atoms with E-state index in [2.05, 4.69) is 17.9 Å². The minimum Gasteiger partial charge on any atom is -0.331 e. The van der Waals surface area contributed by atoms with Crippen LogP contribution in [0.1, 0.15) is 41.3 Å². The molecule has 0 spiro atoms. The quantitative estimate of drug-likeness (QED) is 0.689. The van der Waals surface area contributed by atoms with E-state index in [1.165, 1.54) is 0 Å². The van der Waals surface area contributed by atoms with Crippen molar-refractivity contribution >= 4 is 43.4 Å². The molecule has 1 aliphatic rings. The van der Waals surface area contributed by atoms with E-state index in [9.17, 15) is 4.79 Å². The highest BCUT2D eigenvalue weighted by molar-refractivity contribution is 7.80. The van der Waals surface area contributed by atoms with Gasteiger partial charge in [0.2, 0.25) is 0 Å². The SMILES string of the molecule is Cc1cccc(C(=O)N2CCN[C@](C)(N)C2CCCS)c1C.Cl.Cl. The zero-order valence-electron chi connectivity index (χ0n) is 14.5. The highest BCUT2D eigenvalue weighted by atomic mass is 35.5. The molecule has 4 nitrogen and oxygen atoms in total. The fourth-order valence-electron chi connectivity index (χ4n) is 3.16. The lowest BCUT2D eigenvalue weighted by molar-refractivity contribution is 0.0390. The minimum atomic E-state index is -0.561. The molecule has 2 rings (SSSR count). The van der Waals surface area contributed by atoms with Crippen LogP contribution >= 0.6 is 37.4 Å². The standard InChI is InChI=1S/C17H27N3OS.2ClH/c1-12-6-4-7-14(13(12)2)16(21)20-10-9-19-17(3,18)15(20)8-5-11-22;;/h4,6-7,15,19,22H,5,8-11,18H2,1-3H3;2*1H/t15?,17-;;/m0../s1. The Bertz CT molecular complexity index is 555. The molecular formula is C17H29Cl2N3OS. The molecule has 1 fully saturated rings. The summed E-state index contributed by atoms with van der Waals surface area (Å²) in [6.45, 7) is 7.43. The minimum absolute atomic E-state index is 0. The Morgan fingerprint density at radius 1 is 1.42 bits per heavy atom. The highest BCUT2D eigenvalue weighted by Gasteiger charge is 2.40. The molecule has 3 N–H and O–H groups in total. The second kappa shape index (κ2) is 9.88. The van der Waals surface area contributed by atoms with Gasteiger partial charge in [0.25, 0.3) is 5.91 Å². The number of rotatable bonds is 4. The fourth-order valence-corrected chi connectivity index (χ4v) is 3.35. The summed E-state index contributed by atoms with van der Waals surface area (Å²) < 4.78 is 0. The van der Waals surface area contributed by atoms with Crippen LogP contribution in [0.15, 0.2) is 18.2 Å². The van der Waals surface area contributed by atoms with Gasteiger partial charge < -0.3 is 10.6 Å². The lowest BCUT2D eigenvalue weighted by Gasteiger charge is -2.47. The van der Waals surface area contributed by atoms with E-state index in [1.54, 1.807) is 0 Å². The van der Waals surface area contributed by atoms with Crippen molar-refractivity contribution in [1.29, 1.82) is 0 Å². The molecule has 7 heteroatoms. The van der Waals surface area contributed by atoms with E-state index < -0.39 is 5.66 Å². The maximum atomic E-state index is 13.1. The summed E-state index contributed by atoms with van der Waals surface area (Å²) in [6.07, 6.45) is 1.80. The van der Waals surface area contributed by atoms with E-state index in [0.29, 0.717) is 6.54 Å². The maximum absolute atomic E-state index is 13.1. The molecule has 0 aromatic heterocycles. The average Bonchev–Trinajstić information content (AvgIpc) is 2.47. The first-order chi connectivity index (χ1) is 10.4. The Morgan fingerprint density at radius 3 is 2.71 bits per heavy atom. The Labute approximate surface area is 163 Å². The van der Waals surface area contributed by atoms with Crippen molar-refractivity contribution in [3.05, 3.63) is 34.9 Å². The Morgan fingerprint density at radius 2 is 2.08 bits per heavy atom. The van der Waals surface area contributed by atoms with Gasteiger partial charge in [-0.15, -0.1) is 24.8 Å². The zero-order chi connectivity index (χ0) is 16.3. The Hall–Kier alpha value is -0.460. The molecule has 1 unspecified atom stereocenters. The normalized spacial score (nSPS) is 23.2. The van der Waals surface area contributed by atoms with E-state index in [-0.39, 0.29) is 36.8 Å². The molecule has 1 aromatic carbocycles. The number of amides is 1. The third-order valence-corrected chi connectivity index (χ3v) is 4.97. The average molecular weight is 394 g/mol. The van der Waals surface area contributed by atoms with Crippen LogP contribution in [-0.2, 0) is 0 Å². The topological polar surface area (TPSA) is 58.4 Å². The molecule has 0 saturated carbocycles. The van der Waals surface area contributed by atoms with Crippen LogP contribution in [0, 0.1) is 13.8 Å². The molecule has 0 radical (unpaired) electrons. The van der Waals surface area contributed by atoms with Gasteiger partial charge in [0, 0.05) is 18.7 Å². The molecule has 2 atom stereocenters. The molecule has 1 heterocycles. The van der Waals surface area contributed by atoms with Crippen molar-refractivity contribution in [2.45, 2.75) is 45.3 Å². The summed E-state index contributed by atoms with van der Waals surface area (Å²) in [5.74, 6) is 0.890. The van der Waals surface area contributed by atoms with Crippen molar-refractivity contribution in [3.8, 4) is 0 Å². The number of benzene rings is 1. The summed E-state index contributed by atoms with van der Waals surface area (Å²) in [5.41, 5.74) is 8.83. The monoisotopic (exact) mass is 393 g/mol. The number of aryl methyl sites for hydroxylation is 1. The number of carbonyl (C=O) groups excluding carboxylic acids is 1. The zero-order valence-corrected chi connectivity index (χ0v) is 17.1. The number of piperazine rings is 1. The van der Waals surface area contributed by atoms with E-state index >= 15 is 0 Å². The van der Waals surface area contributed by atoms with Crippen molar-refractivity contribution in [2.75, 3.05) is 18.8 Å². The van der Waals surface area contributed by atoms with Crippen LogP contribution in [-0.4, -0.2) is 41.4 Å². The second-order valence-electron chi connectivity index (χ2n) is 6.34. The number of nitrogens with one attached hydrogen (secondary N) is 1. The van der Waals surface area contributed by atoms with Crippen LogP contribution in [0.2, 0.25) is 0 Å². The van der Waals surface area contributed by atoms with Crippen LogP contribution in [0.3, 0.4) is 0 Å². The molecule has 1 saturated heterocycles. The number of carbonyl (C=O) groups is 1. The predicted molar refractivity (Wildman–Crippen MR) is 109 cm³/mol. The molecule has 24 heavy (non-hydrogen) atoms. The first kappa shape index (κ1) is 23.5. The summed E-state index contributed by atoms with van der Waals surface area (Å²) in [7, 11) is 0. The van der Waals surface area contributed by atoms with Crippen molar-refractivity contribution in [1.82, 2.24) is 10.2 Å². The number of nitrogens with zero attached hydrogens (tertiary/aromatic N) is 1. The van der Waals surface area contributed by atoms with Crippen LogP contribution in [0.25, 0.3) is 0 Å². The number of hydrogen-bond donors (Lipinski definition) is 3. The number of thiol groups is 1. The first-order valence-corrected chi connectivity index (χ1v) is 8.53. The highest BCUT2D eigenvalue weighted by Crippen LogP contribution is 2.24. The van der Waals surface area contributed by atoms with Gasteiger partial charge in [-0.05, 0) is 56.6 Å². The van der Waals surface area contributed by atoms with Gasteiger partial charge in [-0.2, -0.15) is 12.6 Å². The van der Waals surface area contributed by atoms with E-state index in [4.69, 9.17) is 5.73 Å². The van der Waals surface area contributed by atoms with E-state index in [0.717, 1.165) is 41.8 Å². The number of hydrogen-bond acceptors (Lipinski definition) is 4. The summed E-state index contributed by atoms with van der Waals surface area (Å²) in [5, 5.41) is 3.34. The molecule has 0 bridgehead atoms. The first-order valence-electron chi connectivity index (χ1n) is 7.90. The summed E-state index contributed by atoms with van der Waals surface area (Å²) >= 11 is 4.29. The Balaban J connectivity index is 0.00000264. The van der Waals surface area contributed by atoms with Crippen molar-refractivity contribution < 1.29 is 4.79 Å². The third kappa shape index (κ3) is 5.02. The van der Waals surface area contributed by atoms with Crippen molar-refractivity contribution in [3.63, 3.8) is 0 Å². The van der Waals surface area contributed by atoms with Gasteiger partial charge >= 0.3 is 0 Å². The van der Waals surface area contributed by atoms with Gasteiger partial charge in [0.1, 0.15) is 0 Å². The smallest absolute Gasteiger partial charge is 0.254 e. The molecule has 1 aromatic rings. The largest absolute Gasteiger partial charge is 0.331 e. The van der Waals surface area contributed by atoms with Crippen LogP contribution in [0.5, 0.6) is 0 Å². The molecule has 138 valence electrons. The fraction of sp³-hybridized carbons (Fsp3) is 0.588. The Kier molecular flexibility index (Phi) is 9.69. The van der Waals surface area contributed by atoms with Gasteiger partial charge in [-0.1, -0.05) is 12.1 Å². The van der Waals surface area contributed by atoms with Crippen molar-refractivity contribution in [2.24, 2.45) is 5.73 Å². The second-order valence-corrected chi connectivity index (χ2v) is 6.78. The summed E-state index contributed by atoms with van der Waals surface area (Å²) in [4.78, 5) is 15.0. The predicted octanol–water partition coefficient (Wildman–Crippen LogP) is 2.95. The molecule has 1 aliphatic heterocycles. The van der Waals surface area contributed by atoms with Gasteiger partial charge in [0.05, 0.1) is 11.7 Å². The van der Waals surface area contributed by atoms with Gasteiger partial charge in [-0.25, -0.2) is 0 Å². The van der Waals surface area contributed by atoms with Crippen LogP contribution < -0.4 is 11.1 Å².